The third-order valence-corrected chi connectivity index (χ3v) is 4.38. The summed E-state index contributed by atoms with van der Waals surface area (Å²) in [6.45, 7) is 4.45. The van der Waals surface area contributed by atoms with Crippen molar-refractivity contribution in [2.45, 2.75) is 31.8 Å². The lowest BCUT2D eigenvalue weighted by Crippen LogP contribution is -2.35. The van der Waals surface area contributed by atoms with E-state index < -0.39 is 0 Å². The smallest absolute Gasteiger partial charge is 0.245 e. The number of ether oxygens (including phenoxy) is 2. The van der Waals surface area contributed by atoms with E-state index in [9.17, 15) is 0 Å². The van der Waals surface area contributed by atoms with Gasteiger partial charge in [-0.15, -0.1) is 0 Å². The highest BCUT2D eigenvalue weighted by Gasteiger charge is 2.21. The number of anilines is 2. The molecule has 0 amide bonds. The Kier molecular flexibility index (Phi) is 4.70. The minimum Gasteiger partial charge on any atom is -0.376 e. The van der Waals surface area contributed by atoms with E-state index in [0.29, 0.717) is 43.5 Å². The van der Waals surface area contributed by atoms with Gasteiger partial charge in [-0.25, -0.2) is 14.6 Å². The van der Waals surface area contributed by atoms with Crippen molar-refractivity contribution in [3.63, 3.8) is 0 Å². The fraction of sp³-hybridized carbons (Fsp3) is 0.733. The van der Waals surface area contributed by atoms with Gasteiger partial charge in [0, 0.05) is 19.6 Å². The van der Waals surface area contributed by atoms with Crippen LogP contribution in [0.25, 0.3) is 11.3 Å². The topological polar surface area (TPSA) is 98.4 Å². The average molecular weight is 334 g/mol. The second kappa shape index (κ2) is 7.27. The summed E-state index contributed by atoms with van der Waals surface area (Å²) >= 11 is 0. The van der Waals surface area contributed by atoms with Crippen LogP contribution in [0.1, 0.15) is 25.7 Å². The molecule has 9 heteroatoms. The van der Waals surface area contributed by atoms with Gasteiger partial charge in [0.15, 0.2) is 11.6 Å². The van der Waals surface area contributed by atoms with E-state index >= 15 is 0 Å². The summed E-state index contributed by atoms with van der Waals surface area (Å²) in [6, 6.07) is 0. The maximum Gasteiger partial charge on any atom is 0.245 e. The van der Waals surface area contributed by atoms with Crippen molar-refractivity contribution in [3.8, 4) is 0 Å². The summed E-state index contributed by atoms with van der Waals surface area (Å²) in [5.41, 5.74) is 0.855. The normalized spacial score (nSPS) is 22.5. The van der Waals surface area contributed by atoms with Gasteiger partial charge in [-0.3, -0.25) is 0 Å². The van der Waals surface area contributed by atoms with Crippen molar-refractivity contribution in [2.75, 3.05) is 49.7 Å². The van der Waals surface area contributed by atoms with E-state index in [4.69, 9.17) is 14.1 Å². The van der Waals surface area contributed by atoms with Crippen molar-refractivity contribution in [1.29, 1.82) is 0 Å². The lowest BCUT2D eigenvalue weighted by molar-refractivity contribution is -0.0819. The molecule has 4 heterocycles. The third kappa shape index (κ3) is 3.41. The Morgan fingerprint density at radius 2 is 1.79 bits per heavy atom. The van der Waals surface area contributed by atoms with Gasteiger partial charge in [-0.2, -0.15) is 0 Å². The minimum absolute atomic E-state index is 0.0173. The average Bonchev–Trinajstić information content (AvgIpc) is 2.91. The fourth-order valence-corrected chi connectivity index (χ4v) is 3.12. The van der Waals surface area contributed by atoms with E-state index in [0.717, 1.165) is 31.7 Å². The molecular weight excluding hydrogens is 312 g/mol. The lowest BCUT2D eigenvalue weighted by atomic mass is 10.2. The summed E-state index contributed by atoms with van der Waals surface area (Å²) in [5, 5.41) is 11.0. The fourth-order valence-electron chi connectivity index (χ4n) is 3.12. The predicted octanol–water partition coefficient (Wildman–Crippen LogP) is 1.22. The van der Waals surface area contributed by atoms with Crippen LogP contribution in [0.2, 0.25) is 0 Å². The monoisotopic (exact) mass is 334 g/mol. The molecule has 130 valence electrons. The molecule has 2 saturated heterocycles. The quantitative estimate of drug-likeness (QED) is 0.884. The predicted molar refractivity (Wildman–Crippen MR) is 87.1 cm³/mol. The van der Waals surface area contributed by atoms with Crippen LogP contribution < -0.4 is 10.2 Å². The second-order valence-electron chi connectivity index (χ2n) is 6.16. The van der Waals surface area contributed by atoms with E-state index in [-0.39, 0.29) is 6.10 Å². The number of aromatic nitrogens is 4. The van der Waals surface area contributed by atoms with Gasteiger partial charge in [-0.1, -0.05) is 12.8 Å². The molecule has 2 aliphatic heterocycles. The molecule has 4 rings (SSSR count). The second-order valence-corrected chi connectivity index (χ2v) is 6.16. The Morgan fingerprint density at radius 3 is 2.54 bits per heavy atom. The van der Waals surface area contributed by atoms with Gasteiger partial charge < -0.3 is 19.7 Å². The summed E-state index contributed by atoms with van der Waals surface area (Å²) in [6.07, 6.45) is 4.86. The Bertz CT molecular complexity index is 664. The van der Waals surface area contributed by atoms with E-state index in [1.54, 1.807) is 0 Å². The van der Waals surface area contributed by atoms with Crippen molar-refractivity contribution in [2.24, 2.45) is 0 Å². The molecule has 0 radical (unpaired) electrons. The number of rotatable bonds is 4. The minimum atomic E-state index is 0.0173. The van der Waals surface area contributed by atoms with Crippen molar-refractivity contribution in [3.05, 3.63) is 0 Å². The third-order valence-electron chi connectivity index (χ3n) is 4.38. The van der Waals surface area contributed by atoms with Crippen molar-refractivity contribution < 1.29 is 14.1 Å². The zero-order valence-corrected chi connectivity index (χ0v) is 13.6. The molecule has 0 aromatic carbocycles. The van der Waals surface area contributed by atoms with E-state index in [1.165, 1.54) is 12.8 Å². The molecule has 2 fully saturated rings. The van der Waals surface area contributed by atoms with Crippen LogP contribution in [0.3, 0.4) is 0 Å². The van der Waals surface area contributed by atoms with Crippen LogP contribution in [-0.4, -0.2) is 65.8 Å². The van der Waals surface area contributed by atoms with Crippen LogP contribution in [0.5, 0.6) is 0 Å². The highest BCUT2D eigenvalue weighted by Crippen LogP contribution is 2.26. The van der Waals surface area contributed by atoms with Gasteiger partial charge >= 0.3 is 0 Å². The summed E-state index contributed by atoms with van der Waals surface area (Å²) in [5.74, 6) is 1.52. The Balaban J connectivity index is 1.57. The molecule has 0 saturated carbocycles. The number of nitrogens with one attached hydrogen (secondary N) is 1. The SMILES string of the molecule is C1CCCN(c2nc3nonc3nc2NC[C@H]2COCCO2)CC1. The molecule has 1 N–H and O–H groups in total. The largest absolute Gasteiger partial charge is 0.376 e. The maximum absolute atomic E-state index is 5.68. The first kappa shape index (κ1) is 15.5. The molecule has 2 aliphatic rings. The van der Waals surface area contributed by atoms with Crippen LogP contribution >= 0.6 is 0 Å². The molecule has 0 spiro atoms. The van der Waals surface area contributed by atoms with Crippen LogP contribution in [0.4, 0.5) is 11.6 Å². The number of hydrogen-bond acceptors (Lipinski definition) is 9. The van der Waals surface area contributed by atoms with Gasteiger partial charge in [0.2, 0.25) is 11.3 Å². The summed E-state index contributed by atoms with van der Waals surface area (Å²) in [4.78, 5) is 11.4. The first-order valence-electron chi connectivity index (χ1n) is 8.58. The van der Waals surface area contributed by atoms with E-state index in [1.807, 2.05) is 0 Å². The van der Waals surface area contributed by atoms with Crippen LogP contribution in [0, 0.1) is 0 Å². The number of nitrogens with zero attached hydrogens (tertiary/aromatic N) is 5. The Labute approximate surface area is 139 Å². The van der Waals surface area contributed by atoms with Gasteiger partial charge in [-0.05, 0) is 23.2 Å². The van der Waals surface area contributed by atoms with Gasteiger partial charge in [0.1, 0.15) is 0 Å². The summed E-state index contributed by atoms with van der Waals surface area (Å²) in [7, 11) is 0. The first-order valence-corrected chi connectivity index (χ1v) is 8.58. The standard InChI is InChI=1S/C15H22N6O3/c1-2-4-6-21(5-3-1)15-14(16-9-11-10-22-7-8-23-11)17-12-13(18-15)20-24-19-12/h11H,1-10H2,(H,16,17,19)/t11-/m0/s1. The molecule has 24 heavy (non-hydrogen) atoms. The van der Waals surface area contributed by atoms with Crippen LogP contribution in [0.15, 0.2) is 4.63 Å². The van der Waals surface area contributed by atoms with E-state index in [2.05, 4.69) is 30.5 Å². The molecule has 0 unspecified atom stereocenters. The zero-order chi connectivity index (χ0) is 16.2. The highest BCUT2D eigenvalue weighted by molar-refractivity contribution is 5.74. The number of hydrogen-bond donors (Lipinski definition) is 1. The molecule has 9 nitrogen and oxygen atoms in total. The summed E-state index contributed by atoms with van der Waals surface area (Å²) < 4.78 is 15.9. The molecule has 0 bridgehead atoms. The Morgan fingerprint density at radius 1 is 1.00 bits per heavy atom. The van der Waals surface area contributed by atoms with Gasteiger partial charge in [0.05, 0.1) is 25.9 Å². The number of fused-ring (bicyclic) bond motifs is 1. The Hall–Kier alpha value is -2.00. The molecule has 0 aliphatic carbocycles. The highest BCUT2D eigenvalue weighted by atomic mass is 16.6. The van der Waals surface area contributed by atoms with Crippen molar-refractivity contribution >= 4 is 22.9 Å². The first-order chi connectivity index (χ1) is 11.9. The zero-order valence-electron chi connectivity index (χ0n) is 13.6. The van der Waals surface area contributed by atoms with Gasteiger partial charge in [0.25, 0.3) is 0 Å². The molecule has 2 aromatic rings. The molecule has 1 atom stereocenters. The molecular formula is C15H22N6O3. The van der Waals surface area contributed by atoms with Crippen molar-refractivity contribution in [1.82, 2.24) is 20.3 Å². The molecule has 2 aromatic heterocycles. The lowest BCUT2D eigenvalue weighted by Gasteiger charge is -2.26. The van der Waals surface area contributed by atoms with Crippen LogP contribution in [-0.2, 0) is 9.47 Å². The maximum atomic E-state index is 5.68.